The summed E-state index contributed by atoms with van der Waals surface area (Å²) in [6.45, 7) is 1.85. The normalized spacial score (nSPS) is 10.6. The Morgan fingerprint density at radius 1 is 1.14 bits per heavy atom. The quantitative estimate of drug-likeness (QED) is 0.596. The minimum atomic E-state index is -1.30. The predicted octanol–water partition coefficient (Wildman–Crippen LogP) is 2.55. The number of carbonyl (C=O) groups excluding carboxylic acids is 1. The summed E-state index contributed by atoms with van der Waals surface area (Å²) in [4.78, 5) is 39.9. The van der Waals surface area contributed by atoms with E-state index in [0.717, 1.165) is 6.07 Å². The van der Waals surface area contributed by atoms with E-state index in [1.807, 2.05) is 6.92 Å². The molecule has 2 aromatic heterocycles. The Hall–Kier alpha value is -3.88. The monoisotopic (exact) mass is 383 g/mol. The van der Waals surface area contributed by atoms with Gasteiger partial charge in [-0.25, -0.2) is 14.6 Å². The highest BCUT2D eigenvalue weighted by molar-refractivity contribution is 6.06. The third kappa shape index (κ3) is 3.37. The van der Waals surface area contributed by atoms with Crippen LogP contribution in [0.15, 0.2) is 36.5 Å². The number of carbonyl (C=O) groups is 3. The van der Waals surface area contributed by atoms with Gasteiger partial charge in [-0.05, 0) is 36.8 Å². The van der Waals surface area contributed by atoms with E-state index in [9.17, 15) is 24.6 Å². The molecule has 0 bridgehead atoms. The van der Waals surface area contributed by atoms with Crippen molar-refractivity contribution in [2.45, 2.75) is 13.3 Å². The number of carboxylic acid groups (broad SMARTS) is 2. The van der Waals surface area contributed by atoms with Crippen LogP contribution in [-0.4, -0.2) is 44.6 Å². The van der Waals surface area contributed by atoms with Gasteiger partial charge in [0.25, 0.3) is 5.91 Å². The molecule has 9 nitrogen and oxygen atoms in total. The van der Waals surface area contributed by atoms with Gasteiger partial charge in [-0.3, -0.25) is 9.20 Å². The summed E-state index contributed by atoms with van der Waals surface area (Å²) >= 11 is 0. The fourth-order valence-corrected chi connectivity index (χ4v) is 2.87. The molecular weight excluding hydrogens is 366 g/mol. The smallest absolute Gasteiger partial charge is 0.335 e. The molecule has 3 N–H and O–H groups in total. The number of ether oxygens (including phenoxy) is 1. The average molecular weight is 383 g/mol. The minimum absolute atomic E-state index is 0.0576. The summed E-state index contributed by atoms with van der Waals surface area (Å²) in [5.74, 6) is -2.64. The van der Waals surface area contributed by atoms with E-state index >= 15 is 0 Å². The third-order valence-electron chi connectivity index (χ3n) is 4.14. The van der Waals surface area contributed by atoms with Crippen molar-refractivity contribution in [3.05, 3.63) is 59.0 Å². The Labute approximate surface area is 159 Å². The number of hydrogen-bond acceptors (Lipinski definition) is 5. The van der Waals surface area contributed by atoms with Gasteiger partial charge in [0.05, 0.1) is 23.9 Å². The van der Waals surface area contributed by atoms with E-state index in [1.54, 1.807) is 22.7 Å². The van der Waals surface area contributed by atoms with Crippen molar-refractivity contribution in [3.63, 3.8) is 0 Å². The summed E-state index contributed by atoms with van der Waals surface area (Å²) in [6, 6.07) is 6.84. The van der Waals surface area contributed by atoms with Crippen molar-refractivity contribution in [1.82, 2.24) is 9.38 Å². The van der Waals surface area contributed by atoms with Crippen molar-refractivity contribution in [2.75, 3.05) is 12.4 Å². The Bertz CT molecular complexity index is 1070. The minimum Gasteiger partial charge on any atom is -0.493 e. The van der Waals surface area contributed by atoms with Crippen molar-refractivity contribution >= 4 is 29.2 Å². The SMILES string of the molecule is CCc1nc2c(OC)cccn2c1C(=O)Nc1cc(C(=O)O)cc(C(=O)O)c1. The number of pyridine rings is 1. The van der Waals surface area contributed by atoms with Crippen LogP contribution in [-0.2, 0) is 6.42 Å². The van der Waals surface area contributed by atoms with E-state index in [0.29, 0.717) is 23.5 Å². The summed E-state index contributed by atoms with van der Waals surface area (Å²) in [5, 5.41) is 20.9. The highest BCUT2D eigenvalue weighted by Crippen LogP contribution is 2.24. The first kappa shape index (κ1) is 18.9. The maximum absolute atomic E-state index is 12.9. The largest absolute Gasteiger partial charge is 0.493 e. The lowest BCUT2D eigenvalue weighted by Gasteiger charge is -2.09. The van der Waals surface area contributed by atoms with E-state index in [4.69, 9.17) is 4.74 Å². The van der Waals surface area contributed by atoms with Crippen LogP contribution in [0.25, 0.3) is 5.65 Å². The number of aromatic carboxylic acids is 2. The van der Waals surface area contributed by atoms with Crippen molar-refractivity contribution in [1.29, 1.82) is 0 Å². The molecule has 0 aliphatic carbocycles. The van der Waals surface area contributed by atoms with Gasteiger partial charge in [0.1, 0.15) is 5.69 Å². The molecule has 0 saturated carbocycles. The Balaban J connectivity index is 2.07. The Morgan fingerprint density at radius 3 is 2.32 bits per heavy atom. The first-order valence-corrected chi connectivity index (χ1v) is 8.32. The molecule has 0 fully saturated rings. The maximum Gasteiger partial charge on any atom is 0.335 e. The maximum atomic E-state index is 12.9. The molecule has 0 unspecified atom stereocenters. The number of nitrogens with one attached hydrogen (secondary N) is 1. The van der Waals surface area contributed by atoms with Gasteiger partial charge in [-0.15, -0.1) is 0 Å². The van der Waals surface area contributed by atoms with Gasteiger partial charge >= 0.3 is 11.9 Å². The molecule has 9 heteroatoms. The number of carboxylic acids is 2. The molecule has 144 valence electrons. The van der Waals surface area contributed by atoms with E-state index in [2.05, 4.69) is 10.3 Å². The number of aromatic nitrogens is 2. The molecule has 0 radical (unpaired) electrons. The highest BCUT2D eigenvalue weighted by atomic mass is 16.5. The second kappa shape index (κ2) is 7.39. The molecule has 0 aliphatic heterocycles. The fraction of sp³-hybridized carbons (Fsp3) is 0.158. The summed E-state index contributed by atoms with van der Waals surface area (Å²) in [5.41, 5.74) is 0.819. The van der Waals surface area contributed by atoms with Crippen LogP contribution >= 0.6 is 0 Å². The third-order valence-corrected chi connectivity index (χ3v) is 4.14. The van der Waals surface area contributed by atoms with Gasteiger partial charge in [0.15, 0.2) is 11.4 Å². The topological polar surface area (TPSA) is 130 Å². The number of rotatable bonds is 6. The molecular formula is C19H17N3O6. The van der Waals surface area contributed by atoms with Gasteiger partial charge in [-0.2, -0.15) is 0 Å². The number of nitrogens with zero attached hydrogens (tertiary/aromatic N) is 2. The van der Waals surface area contributed by atoms with Crippen molar-refractivity contribution in [3.8, 4) is 5.75 Å². The van der Waals surface area contributed by atoms with Crippen molar-refractivity contribution < 1.29 is 29.3 Å². The van der Waals surface area contributed by atoms with Crippen LogP contribution in [0.1, 0.15) is 43.8 Å². The molecule has 0 spiro atoms. The van der Waals surface area contributed by atoms with Crippen LogP contribution in [0, 0.1) is 0 Å². The zero-order valence-electron chi connectivity index (χ0n) is 15.1. The van der Waals surface area contributed by atoms with E-state index < -0.39 is 17.8 Å². The zero-order valence-corrected chi connectivity index (χ0v) is 15.1. The molecule has 3 rings (SSSR count). The lowest BCUT2D eigenvalue weighted by molar-refractivity contribution is 0.0696. The molecule has 0 saturated heterocycles. The molecule has 1 amide bonds. The molecule has 0 atom stereocenters. The van der Waals surface area contributed by atoms with Gasteiger partial charge < -0.3 is 20.3 Å². The zero-order chi connectivity index (χ0) is 20.4. The molecule has 2 heterocycles. The summed E-state index contributed by atoms with van der Waals surface area (Å²) in [6.07, 6.45) is 2.14. The van der Waals surface area contributed by atoms with Crippen LogP contribution in [0.2, 0.25) is 0 Å². The number of hydrogen-bond donors (Lipinski definition) is 3. The lowest BCUT2D eigenvalue weighted by Crippen LogP contribution is -2.17. The van der Waals surface area contributed by atoms with Crippen LogP contribution in [0.4, 0.5) is 5.69 Å². The predicted molar refractivity (Wildman–Crippen MR) is 99.4 cm³/mol. The number of benzene rings is 1. The summed E-state index contributed by atoms with van der Waals surface area (Å²) < 4.78 is 6.85. The van der Waals surface area contributed by atoms with Gasteiger partial charge in [-0.1, -0.05) is 6.92 Å². The average Bonchev–Trinajstić information content (AvgIpc) is 3.06. The molecule has 0 aliphatic rings. The first-order valence-electron chi connectivity index (χ1n) is 8.32. The van der Waals surface area contributed by atoms with Crippen LogP contribution < -0.4 is 10.1 Å². The van der Waals surface area contributed by atoms with E-state index in [-0.39, 0.29) is 22.5 Å². The Kier molecular flexibility index (Phi) is 4.99. The second-order valence-corrected chi connectivity index (χ2v) is 5.89. The fourth-order valence-electron chi connectivity index (χ4n) is 2.87. The number of fused-ring (bicyclic) bond motifs is 1. The van der Waals surface area contributed by atoms with Crippen LogP contribution in [0.5, 0.6) is 5.75 Å². The first-order chi connectivity index (χ1) is 13.3. The number of aryl methyl sites for hydroxylation is 1. The molecule has 28 heavy (non-hydrogen) atoms. The number of methoxy groups -OCH3 is 1. The van der Waals surface area contributed by atoms with Crippen LogP contribution in [0.3, 0.4) is 0 Å². The van der Waals surface area contributed by atoms with Gasteiger partial charge in [0, 0.05) is 11.9 Å². The van der Waals surface area contributed by atoms with E-state index in [1.165, 1.54) is 19.2 Å². The molecule has 3 aromatic rings. The lowest BCUT2D eigenvalue weighted by atomic mass is 10.1. The van der Waals surface area contributed by atoms with Gasteiger partial charge in [0.2, 0.25) is 0 Å². The number of anilines is 1. The number of imidazole rings is 1. The molecule has 1 aromatic carbocycles. The Morgan fingerprint density at radius 2 is 1.79 bits per heavy atom. The summed E-state index contributed by atoms with van der Waals surface area (Å²) in [7, 11) is 1.50. The standard InChI is InChI=1S/C19H17N3O6/c1-3-13-15(22-6-4-5-14(28-2)16(22)21-13)17(23)20-12-8-10(18(24)25)7-11(9-12)19(26)27/h4-9H,3H2,1-2H3,(H,20,23)(H,24,25)(H,26,27). The number of amides is 1. The van der Waals surface area contributed by atoms with Crippen molar-refractivity contribution in [2.24, 2.45) is 0 Å². The second-order valence-electron chi connectivity index (χ2n) is 5.89. The highest BCUT2D eigenvalue weighted by Gasteiger charge is 2.21.